The number of benzene rings is 2. The number of amides is 2. The van der Waals surface area contributed by atoms with E-state index in [1.165, 1.54) is 6.92 Å². The Morgan fingerprint density at radius 3 is 2.07 bits per heavy atom. The molecule has 8 heteroatoms. The molecule has 0 spiro atoms. The number of nitrogens with one attached hydrogen (secondary N) is 2. The fourth-order valence-electron chi connectivity index (χ4n) is 2.54. The fraction of sp³-hybridized carbons (Fsp3) is 0.286. The van der Waals surface area contributed by atoms with E-state index < -0.39 is 11.9 Å². The highest BCUT2D eigenvalue weighted by atomic mass is 16.5. The molecule has 2 rings (SSSR count). The lowest BCUT2D eigenvalue weighted by Gasteiger charge is -2.10. The lowest BCUT2D eigenvalue weighted by molar-refractivity contribution is -0.147. The van der Waals surface area contributed by atoms with Crippen molar-refractivity contribution in [3.05, 3.63) is 48.0 Å². The molecule has 0 aliphatic rings. The van der Waals surface area contributed by atoms with Crippen LogP contribution in [0, 0.1) is 0 Å². The molecular weight excluding hydrogens is 376 g/mol. The van der Waals surface area contributed by atoms with Crippen LogP contribution in [0.4, 0.5) is 11.4 Å². The zero-order valence-electron chi connectivity index (χ0n) is 16.6. The van der Waals surface area contributed by atoms with Gasteiger partial charge in [-0.25, -0.2) is 0 Å². The third-order valence-corrected chi connectivity index (χ3v) is 3.92. The summed E-state index contributed by atoms with van der Waals surface area (Å²) in [7, 11) is 3.10. The second-order valence-electron chi connectivity index (χ2n) is 6.16. The second-order valence-corrected chi connectivity index (χ2v) is 6.16. The van der Waals surface area contributed by atoms with Gasteiger partial charge in [-0.15, -0.1) is 0 Å². The summed E-state index contributed by atoms with van der Waals surface area (Å²) in [5, 5.41) is 5.25. The zero-order chi connectivity index (χ0) is 21.2. The van der Waals surface area contributed by atoms with Gasteiger partial charge in [-0.2, -0.15) is 0 Å². The lowest BCUT2D eigenvalue weighted by Crippen LogP contribution is -2.21. The summed E-state index contributed by atoms with van der Waals surface area (Å²) in [5.74, 6) is 0.0948. The van der Waals surface area contributed by atoms with Crippen molar-refractivity contribution < 1.29 is 28.6 Å². The van der Waals surface area contributed by atoms with Crippen LogP contribution in [-0.2, 0) is 25.5 Å². The maximum absolute atomic E-state index is 11.9. The summed E-state index contributed by atoms with van der Waals surface area (Å²) in [5.41, 5.74) is 2.05. The molecule has 0 unspecified atom stereocenters. The number of anilines is 2. The van der Waals surface area contributed by atoms with Crippen molar-refractivity contribution in [2.75, 3.05) is 31.5 Å². The number of ether oxygens (including phenoxy) is 3. The van der Waals surface area contributed by atoms with E-state index in [1.807, 2.05) is 6.07 Å². The molecule has 2 N–H and O–H groups in total. The highest BCUT2D eigenvalue weighted by Crippen LogP contribution is 2.28. The molecule has 0 saturated heterocycles. The Hall–Kier alpha value is -3.55. The first kappa shape index (κ1) is 21.7. The maximum Gasteiger partial charge on any atom is 0.306 e. The minimum atomic E-state index is -0.476. The summed E-state index contributed by atoms with van der Waals surface area (Å²) in [6, 6.07) is 12.0. The lowest BCUT2D eigenvalue weighted by atomic mass is 10.1. The van der Waals surface area contributed by atoms with Crippen LogP contribution in [0.2, 0.25) is 0 Å². The van der Waals surface area contributed by atoms with Crippen molar-refractivity contribution in [1.82, 2.24) is 0 Å². The van der Waals surface area contributed by atoms with Crippen molar-refractivity contribution in [3.8, 4) is 11.5 Å². The highest BCUT2D eigenvalue weighted by molar-refractivity contribution is 5.93. The summed E-state index contributed by atoms with van der Waals surface area (Å²) in [6.45, 7) is 1.04. The minimum Gasteiger partial charge on any atom is -0.493 e. The van der Waals surface area contributed by atoms with E-state index in [2.05, 4.69) is 10.6 Å². The summed E-state index contributed by atoms with van der Waals surface area (Å²) in [4.78, 5) is 34.8. The van der Waals surface area contributed by atoms with Gasteiger partial charge < -0.3 is 24.8 Å². The number of esters is 1. The van der Waals surface area contributed by atoms with Gasteiger partial charge in [-0.1, -0.05) is 6.07 Å². The number of aryl methyl sites for hydroxylation is 1. The molecule has 0 aromatic heterocycles. The quantitative estimate of drug-likeness (QED) is 0.628. The smallest absolute Gasteiger partial charge is 0.306 e. The van der Waals surface area contributed by atoms with Crippen LogP contribution < -0.4 is 20.1 Å². The molecule has 2 aromatic carbocycles. The monoisotopic (exact) mass is 400 g/mol. The Bertz CT molecular complexity index is 864. The molecule has 8 nitrogen and oxygen atoms in total. The number of carbonyl (C=O) groups excluding carboxylic acids is 3. The number of hydrogen-bond acceptors (Lipinski definition) is 6. The predicted molar refractivity (Wildman–Crippen MR) is 108 cm³/mol. The van der Waals surface area contributed by atoms with Crippen LogP contribution in [0.15, 0.2) is 42.5 Å². The SMILES string of the molecule is COc1ccc(CCC(=O)OCC(=O)Nc2ccc(NC(C)=O)cc2)cc1OC. The summed E-state index contributed by atoms with van der Waals surface area (Å²) >= 11 is 0. The Morgan fingerprint density at radius 2 is 1.48 bits per heavy atom. The Labute approximate surface area is 169 Å². The predicted octanol–water partition coefficient (Wildman–Crippen LogP) is 2.78. The van der Waals surface area contributed by atoms with Gasteiger partial charge in [0.2, 0.25) is 5.91 Å². The second kappa shape index (κ2) is 10.7. The van der Waals surface area contributed by atoms with Gasteiger partial charge in [0.15, 0.2) is 18.1 Å². The molecular formula is C21H24N2O6. The van der Waals surface area contributed by atoms with Crippen molar-refractivity contribution in [3.63, 3.8) is 0 Å². The third-order valence-electron chi connectivity index (χ3n) is 3.92. The zero-order valence-corrected chi connectivity index (χ0v) is 16.6. The fourth-order valence-corrected chi connectivity index (χ4v) is 2.54. The average Bonchev–Trinajstić information content (AvgIpc) is 2.71. The van der Waals surface area contributed by atoms with Gasteiger partial charge in [0, 0.05) is 24.7 Å². The van der Waals surface area contributed by atoms with Crippen LogP contribution in [0.25, 0.3) is 0 Å². The molecule has 2 amide bonds. The van der Waals surface area contributed by atoms with Crippen LogP contribution >= 0.6 is 0 Å². The molecule has 0 aliphatic carbocycles. The van der Waals surface area contributed by atoms with Crippen LogP contribution in [-0.4, -0.2) is 38.6 Å². The van der Waals surface area contributed by atoms with Crippen molar-refractivity contribution >= 4 is 29.2 Å². The van der Waals surface area contributed by atoms with Crippen LogP contribution in [0.5, 0.6) is 11.5 Å². The van der Waals surface area contributed by atoms with E-state index in [1.54, 1.807) is 50.6 Å². The van der Waals surface area contributed by atoms with E-state index in [-0.39, 0.29) is 18.9 Å². The Balaban J connectivity index is 1.75. The van der Waals surface area contributed by atoms with Crippen molar-refractivity contribution in [2.24, 2.45) is 0 Å². The van der Waals surface area contributed by atoms with E-state index in [4.69, 9.17) is 14.2 Å². The largest absolute Gasteiger partial charge is 0.493 e. The molecule has 0 fully saturated rings. The molecule has 29 heavy (non-hydrogen) atoms. The van der Waals surface area contributed by atoms with Gasteiger partial charge in [0.25, 0.3) is 5.91 Å². The first-order chi connectivity index (χ1) is 13.9. The standard InChI is InChI=1S/C21H24N2O6/c1-14(24)22-16-6-8-17(9-7-16)23-20(25)13-29-21(26)11-5-15-4-10-18(27-2)19(12-15)28-3/h4,6-10,12H,5,11,13H2,1-3H3,(H,22,24)(H,23,25). The maximum atomic E-state index is 11.9. The minimum absolute atomic E-state index is 0.133. The van der Waals surface area contributed by atoms with Gasteiger partial charge in [-0.3, -0.25) is 14.4 Å². The van der Waals surface area contributed by atoms with Gasteiger partial charge in [-0.05, 0) is 48.4 Å². The molecule has 2 aromatic rings. The van der Waals surface area contributed by atoms with Crippen molar-refractivity contribution in [2.45, 2.75) is 19.8 Å². The van der Waals surface area contributed by atoms with E-state index >= 15 is 0 Å². The molecule has 0 radical (unpaired) electrons. The summed E-state index contributed by atoms with van der Waals surface area (Å²) < 4.78 is 15.4. The molecule has 0 atom stereocenters. The average molecular weight is 400 g/mol. The number of carbonyl (C=O) groups is 3. The van der Waals surface area contributed by atoms with E-state index in [9.17, 15) is 14.4 Å². The normalized spacial score (nSPS) is 10.0. The summed E-state index contributed by atoms with van der Waals surface area (Å²) in [6.07, 6.45) is 0.583. The Morgan fingerprint density at radius 1 is 0.862 bits per heavy atom. The topological polar surface area (TPSA) is 103 Å². The molecule has 0 bridgehead atoms. The highest BCUT2D eigenvalue weighted by Gasteiger charge is 2.10. The Kier molecular flexibility index (Phi) is 8.02. The number of methoxy groups -OCH3 is 2. The number of rotatable bonds is 9. The molecule has 0 heterocycles. The first-order valence-corrected chi connectivity index (χ1v) is 8.95. The number of hydrogen-bond donors (Lipinski definition) is 2. The van der Waals surface area contributed by atoms with Crippen molar-refractivity contribution in [1.29, 1.82) is 0 Å². The van der Waals surface area contributed by atoms with E-state index in [0.717, 1.165) is 5.56 Å². The first-order valence-electron chi connectivity index (χ1n) is 8.95. The molecule has 154 valence electrons. The van der Waals surface area contributed by atoms with Gasteiger partial charge >= 0.3 is 5.97 Å². The molecule has 0 saturated carbocycles. The molecule has 0 aliphatic heterocycles. The van der Waals surface area contributed by atoms with Gasteiger partial charge in [0.05, 0.1) is 14.2 Å². The van der Waals surface area contributed by atoms with Crippen LogP contribution in [0.3, 0.4) is 0 Å². The van der Waals surface area contributed by atoms with Crippen LogP contribution in [0.1, 0.15) is 18.9 Å². The van der Waals surface area contributed by atoms with E-state index in [0.29, 0.717) is 29.3 Å². The van der Waals surface area contributed by atoms with Gasteiger partial charge in [0.1, 0.15) is 0 Å². The third kappa shape index (κ3) is 7.17.